The molecular weight excluding hydrogens is 188 g/mol. The zero-order chi connectivity index (χ0) is 8.39. The zero-order valence-electron chi connectivity index (χ0n) is 8.16. The summed E-state index contributed by atoms with van der Waals surface area (Å²) >= 11 is 0. The molecule has 0 unspecified atom stereocenters. The van der Waals surface area contributed by atoms with Crippen molar-refractivity contribution < 1.29 is 4.74 Å². The van der Waals surface area contributed by atoms with Gasteiger partial charge >= 0.3 is 0 Å². The fourth-order valence-corrected chi connectivity index (χ4v) is 1.84. The molecule has 0 radical (unpaired) electrons. The summed E-state index contributed by atoms with van der Waals surface area (Å²) < 4.78 is 5.58. The second-order valence-corrected chi connectivity index (χ2v) is 3.89. The van der Waals surface area contributed by atoms with Crippen molar-refractivity contribution in [2.24, 2.45) is 0 Å². The molecule has 4 heteroatoms. The third-order valence-electron chi connectivity index (χ3n) is 2.90. The fourth-order valence-electron chi connectivity index (χ4n) is 1.84. The number of ether oxygens (including phenoxy) is 1. The van der Waals surface area contributed by atoms with E-state index in [9.17, 15) is 0 Å². The summed E-state index contributed by atoms with van der Waals surface area (Å²) in [6.07, 6.45) is 3.02. The molecule has 78 valence electrons. The molecule has 2 saturated heterocycles. The van der Waals surface area contributed by atoms with Crippen LogP contribution in [0.5, 0.6) is 0 Å². The van der Waals surface area contributed by atoms with E-state index in [1.54, 1.807) is 0 Å². The van der Waals surface area contributed by atoms with Crippen molar-refractivity contribution >= 4 is 12.4 Å². The van der Waals surface area contributed by atoms with Gasteiger partial charge in [-0.3, -0.25) is 4.90 Å². The maximum absolute atomic E-state index is 5.58. The predicted octanol–water partition coefficient (Wildman–Crippen LogP) is 0.491. The molecule has 2 rings (SSSR count). The molecule has 1 atom stereocenters. The number of nitrogens with one attached hydrogen (secondary N) is 1. The SMILES string of the molecule is CN(C[C@@H]1CCCO1)C1CNC1.Cl. The smallest absolute Gasteiger partial charge is 0.0702 e. The number of halogens is 1. The van der Waals surface area contributed by atoms with Crippen molar-refractivity contribution in [1.29, 1.82) is 0 Å². The second-order valence-electron chi connectivity index (χ2n) is 3.89. The Labute approximate surface area is 86.2 Å². The lowest BCUT2D eigenvalue weighted by Gasteiger charge is -2.36. The van der Waals surface area contributed by atoms with Crippen molar-refractivity contribution in [2.45, 2.75) is 25.0 Å². The highest BCUT2D eigenvalue weighted by Crippen LogP contribution is 2.14. The van der Waals surface area contributed by atoms with E-state index in [0.29, 0.717) is 6.10 Å². The minimum atomic E-state index is 0. The standard InChI is InChI=1S/C9H18N2O.ClH/c1-11(8-5-10-6-8)7-9-3-2-4-12-9;/h8-10H,2-7H2,1H3;1H/t9-;/m0./s1. The Morgan fingerprint density at radius 2 is 2.23 bits per heavy atom. The molecule has 2 heterocycles. The molecule has 2 aliphatic heterocycles. The lowest BCUT2D eigenvalue weighted by molar-refractivity contribution is 0.0581. The third-order valence-corrected chi connectivity index (χ3v) is 2.90. The molecule has 2 aliphatic rings. The van der Waals surface area contributed by atoms with E-state index < -0.39 is 0 Å². The van der Waals surface area contributed by atoms with Crippen LogP contribution in [0, 0.1) is 0 Å². The maximum atomic E-state index is 5.58. The summed E-state index contributed by atoms with van der Waals surface area (Å²) in [6.45, 7) is 4.40. The largest absolute Gasteiger partial charge is 0.377 e. The van der Waals surface area contributed by atoms with Crippen molar-refractivity contribution in [3.8, 4) is 0 Å². The molecule has 0 aliphatic carbocycles. The Morgan fingerprint density at radius 3 is 2.69 bits per heavy atom. The number of nitrogens with zero attached hydrogens (tertiary/aromatic N) is 1. The monoisotopic (exact) mass is 206 g/mol. The summed E-state index contributed by atoms with van der Waals surface area (Å²) in [4.78, 5) is 2.42. The van der Waals surface area contributed by atoms with Crippen LogP contribution in [-0.4, -0.2) is 50.3 Å². The van der Waals surface area contributed by atoms with Crippen molar-refractivity contribution in [3.63, 3.8) is 0 Å². The number of hydrogen-bond acceptors (Lipinski definition) is 3. The van der Waals surface area contributed by atoms with Gasteiger partial charge in [-0.1, -0.05) is 0 Å². The predicted molar refractivity (Wildman–Crippen MR) is 55.5 cm³/mol. The van der Waals surface area contributed by atoms with Gasteiger partial charge in [0.1, 0.15) is 0 Å². The van der Waals surface area contributed by atoms with Gasteiger partial charge in [0.15, 0.2) is 0 Å². The second kappa shape index (κ2) is 5.15. The minimum absolute atomic E-state index is 0. The summed E-state index contributed by atoms with van der Waals surface area (Å²) in [7, 11) is 2.20. The molecule has 0 aromatic carbocycles. The van der Waals surface area contributed by atoms with Gasteiger partial charge in [-0.25, -0.2) is 0 Å². The van der Waals surface area contributed by atoms with Crippen LogP contribution >= 0.6 is 12.4 Å². The Hall–Kier alpha value is 0.170. The Morgan fingerprint density at radius 1 is 1.46 bits per heavy atom. The van der Waals surface area contributed by atoms with Crippen LogP contribution in [0.2, 0.25) is 0 Å². The number of rotatable bonds is 3. The number of likely N-dealkylation sites (N-methyl/N-ethyl adjacent to an activating group) is 1. The molecule has 1 N–H and O–H groups in total. The average Bonchev–Trinajstić information content (AvgIpc) is 2.34. The van der Waals surface area contributed by atoms with Crippen LogP contribution in [0.3, 0.4) is 0 Å². The van der Waals surface area contributed by atoms with E-state index in [0.717, 1.165) is 32.3 Å². The Kier molecular flexibility index (Phi) is 4.46. The van der Waals surface area contributed by atoms with Gasteiger partial charge in [-0.2, -0.15) is 0 Å². The van der Waals surface area contributed by atoms with Gasteiger partial charge in [0.25, 0.3) is 0 Å². The van der Waals surface area contributed by atoms with Crippen LogP contribution in [0.15, 0.2) is 0 Å². The van der Waals surface area contributed by atoms with Gasteiger partial charge in [0.2, 0.25) is 0 Å². The summed E-state index contributed by atoms with van der Waals surface area (Å²) in [5.74, 6) is 0. The first-order valence-corrected chi connectivity index (χ1v) is 4.89. The summed E-state index contributed by atoms with van der Waals surface area (Å²) in [5.41, 5.74) is 0. The van der Waals surface area contributed by atoms with Crippen LogP contribution in [-0.2, 0) is 4.74 Å². The first kappa shape index (κ1) is 11.2. The van der Waals surface area contributed by atoms with Crippen LogP contribution in [0.1, 0.15) is 12.8 Å². The van der Waals surface area contributed by atoms with Crippen molar-refractivity contribution in [1.82, 2.24) is 10.2 Å². The van der Waals surface area contributed by atoms with Gasteiger partial charge < -0.3 is 10.1 Å². The fraction of sp³-hybridized carbons (Fsp3) is 1.00. The van der Waals surface area contributed by atoms with Gasteiger partial charge in [0, 0.05) is 32.3 Å². The molecule has 13 heavy (non-hydrogen) atoms. The molecule has 0 saturated carbocycles. The summed E-state index contributed by atoms with van der Waals surface area (Å²) in [6, 6.07) is 0.759. The van der Waals surface area contributed by atoms with E-state index >= 15 is 0 Å². The topological polar surface area (TPSA) is 24.5 Å². The summed E-state index contributed by atoms with van der Waals surface area (Å²) in [5, 5.41) is 3.28. The van der Waals surface area contributed by atoms with Crippen LogP contribution < -0.4 is 5.32 Å². The quantitative estimate of drug-likeness (QED) is 0.728. The van der Waals surface area contributed by atoms with Gasteiger partial charge in [0.05, 0.1) is 6.10 Å². The van der Waals surface area contributed by atoms with E-state index in [-0.39, 0.29) is 12.4 Å². The Balaban J connectivity index is 0.000000845. The molecule has 0 bridgehead atoms. The molecule has 0 aromatic heterocycles. The third kappa shape index (κ3) is 2.81. The zero-order valence-corrected chi connectivity index (χ0v) is 8.98. The highest BCUT2D eigenvalue weighted by atomic mass is 35.5. The van der Waals surface area contributed by atoms with Crippen molar-refractivity contribution in [3.05, 3.63) is 0 Å². The van der Waals surface area contributed by atoms with Crippen molar-refractivity contribution in [2.75, 3.05) is 33.3 Å². The molecule has 3 nitrogen and oxygen atoms in total. The van der Waals surface area contributed by atoms with Gasteiger partial charge in [-0.05, 0) is 19.9 Å². The van der Waals surface area contributed by atoms with Gasteiger partial charge in [-0.15, -0.1) is 12.4 Å². The normalized spacial score (nSPS) is 28.6. The molecular formula is C9H19ClN2O. The highest BCUT2D eigenvalue weighted by molar-refractivity contribution is 5.85. The van der Waals surface area contributed by atoms with E-state index in [2.05, 4.69) is 17.3 Å². The minimum Gasteiger partial charge on any atom is -0.377 e. The molecule has 0 aromatic rings. The first-order chi connectivity index (χ1) is 5.86. The van der Waals surface area contributed by atoms with Crippen LogP contribution in [0.25, 0.3) is 0 Å². The molecule has 0 amide bonds. The molecule has 0 spiro atoms. The van der Waals surface area contributed by atoms with Crippen LogP contribution in [0.4, 0.5) is 0 Å². The average molecular weight is 207 g/mol. The lowest BCUT2D eigenvalue weighted by Crippen LogP contribution is -2.57. The Bertz CT molecular complexity index is 147. The van der Waals surface area contributed by atoms with E-state index in [1.807, 2.05) is 0 Å². The maximum Gasteiger partial charge on any atom is 0.0702 e. The highest BCUT2D eigenvalue weighted by Gasteiger charge is 2.25. The molecule has 2 fully saturated rings. The first-order valence-electron chi connectivity index (χ1n) is 4.89. The van der Waals surface area contributed by atoms with E-state index in [4.69, 9.17) is 4.74 Å². The van der Waals surface area contributed by atoms with E-state index in [1.165, 1.54) is 12.8 Å². The lowest BCUT2D eigenvalue weighted by atomic mass is 10.1. The number of hydrogen-bond donors (Lipinski definition) is 1.